The minimum Gasteiger partial charge on any atom is -0.494 e. The molecule has 0 fully saturated rings. The Kier molecular flexibility index (Phi) is 10.8. The molecule has 208 valence electrons. The predicted molar refractivity (Wildman–Crippen MR) is 154 cm³/mol. The number of carbonyl (C=O) groups is 2. The van der Waals surface area contributed by atoms with Crippen LogP contribution in [0.2, 0.25) is 5.02 Å². The number of anilines is 1. The molecule has 3 rings (SSSR count). The van der Waals surface area contributed by atoms with Gasteiger partial charge in [-0.25, -0.2) is 8.42 Å². The number of amides is 2. The fourth-order valence-corrected chi connectivity index (χ4v) is 5.10. The van der Waals surface area contributed by atoms with Gasteiger partial charge in [0, 0.05) is 24.5 Å². The molecule has 1 atom stereocenters. The van der Waals surface area contributed by atoms with E-state index in [1.54, 1.807) is 55.5 Å². The summed E-state index contributed by atoms with van der Waals surface area (Å²) >= 11 is 6.06. The van der Waals surface area contributed by atoms with Gasteiger partial charge in [-0.15, -0.1) is 0 Å². The molecule has 2 amide bonds. The number of benzene rings is 3. The summed E-state index contributed by atoms with van der Waals surface area (Å²) in [6.45, 7) is 4.12. The number of hydrogen-bond donors (Lipinski definition) is 1. The number of nitrogens with zero attached hydrogens (tertiary/aromatic N) is 2. The van der Waals surface area contributed by atoms with Crippen molar-refractivity contribution in [2.75, 3.05) is 30.3 Å². The summed E-state index contributed by atoms with van der Waals surface area (Å²) in [5.41, 5.74) is 1.94. The van der Waals surface area contributed by atoms with E-state index in [2.05, 4.69) is 5.32 Å². The zero-order chi connectivity index (χ0) is 28.4. The van der Waals surface area contributed by atoms with Gasteiger partial charge in [-0.05, 0) is 61.4 Å². The Labute approximate surface area is 235 Å². The van der Waals surface area contributed by atoms with E-state index < -0.39 is 28.5 Å². The lowest BCUT2D eigenvalue weighted by atomic mass is 10.0. The normalized spacial score (nSPS) is 11.9. The third kappa shape index (κ3) is 8.73. The summed E-state index contributed by atoms with van der Waals surface area (Å²) in [6.07, 6.45) is 1.31. The molecule has 10 heteroatoms. The maximum absolute atomic E-state index is 13.9. The highest BCUT2D eigenvalue weighted by molar-refractivity contribution is 7.92. The Morgan fingerprint density at radius 1 is 0.923 bits per heavy atom. The van der Waals surface area contributed by atoms with Crippen molar-refractivity contribution in [3.8, 4) is 5.75 Å². The van der Waals surface area contributed by atoms with Crippen LogP contribution in [0.4, 0.5) is 5.69 Å². The van der Waals surface area contributed by atoms with E-state index in [9.17, 15) is 18.0 Å². The van der Waals surface area contributed by atoms with Gasteiger partial charge in [0.15, 0.2) is 0 Å². The number of rotatable bonds is 13. The van der Waals surface area contributed by atoms with Gasteiger partial charge in [0.1, 0.15) is 18.3 Å². The van der Waals surface area contributed by atoms with E-state index in [1.165, 1.54) is 4.90 Å². The van der Waals surface area contributed by atoms with Crippen LogP contribution >= 0.6 is 11.6 Å². The highest BCUT2D eigenvalue weighted by atomic mass is 35.5. The summed E-state index contributed by atoms with van der Waals surface area (Å²) < 4.78 is 32.1. The van der Waals surface area contributed by atoms with E-state index >= 15 is 0 Å². The van der Waals surface area contributed by atoms with E-state index in [0.29, 0.717) is 29.6 Å². The SMILES string of the molecule is CCNC(=O)[C@H](Cc1ccccc1)N(Cc1ccc(Cl)cc1)C(=O)CN(c1ccc(OCC)cc1)S(C)(=O)=O. The first-order chi connectivity index (χ1) is 18.6. The number of likely N-dealkylation sites (N-methyl/N-ethyl adjacent to an activating group) is 1. The van der Waals surface area contributed by atoms with Crippen LogP contribution in [0, 0.1) is 0 Å². The first-order valence-corrected chi connectivity index (χ1v) is 14.9. The summed E-state index contributed by atoms with van der Waals surface area (Å²) in [5, 5.41) is 3.37. The van der Waals surface area contributed by atoms with Crippen LogP contribution in [0.25, 0.3) is 0 Å². The van der Waals surface area contributed by atoms with Gasteiger partial charge in [-0.3, -0.25) is 13.9 Å². The van der Waals surface area contributed by atoms with Crippen LogP contribution < -0.4 is 14.4 Å². The molecule has 0 aromatic heterocycles. The van der Waals surface area contributed by atoms with E-state index in [4.69, 9.17) is 16.3 Å². The number of sulfonamides is 1. The molecule has 0 aliphatic carbocycles. The zero-order valence-electron chi connectivity index (χ0n) is 22.3. The number of halogens is 1. The maximum atomic E-state index is 13.9. The molecule has 0 spiro atoms. The fourth-order valence-electron chi connectivity index (χ4n) is 4.12. The topological polar surface area (TPSA) is 96.0 Å². The van der Waals surface area contributed by atoms with Crippen LogP contribution in [-0.4, -0.2) is 57.1 Å². The van der Waals surface area contributed by atoms with Crippen molar-refractivity contribution in [3.05, 3.63) is 95.0 Å². The van der Waals surface area contributed by atoms with E-state index in [-0.39, 0.29) is 18.9 Å². The Balaban J connectivity index is 2.00. The van der Waals surface area contributed by atoms with Crippen molar-refractivity contribution >= 4 is 39.1 Å². The number of hydrogen-bond acceptors (Lipinski definition) is 5. The van der Waals surface area contributed by atoms with Crippen molar-refractivity contribution in [1.29, 1.82) is 0 Å². The molecule has 39 heavy (non-hydrogen) atoms. The average molecular weight is 572 g/mol. The maximum Gasteiger partial charge on any atom is 0.244 e. The highest BCUT2D eigenvalue weighted by Gasteiger charge is 2.32. The molecular weight excluding hydrogens is 538 g/mol. The molecule has 0 unspecified atom stereocenters. The standard InChI is InChI=1S/C29H34ClN3O5S/c1-4-31-29(35)27(19-22-9-7-6-8-10-22)32(20-23-11-13-24(30)14-12-23)28(34)21-33(39(3,36)37)25-15-17-26(18-16-25)38-5-2/h6-18,27H,4-5,19-21H2,1-3H3,(H,31,35)/t27-/m0/s1. The lowest BCUT2D eigenvalue weighted by Crippen LogP contribution is -2.53. The van der Waals surface area contributed by atoms with Crippen molar-refractivity contribution < 1.29 is 22.7 Å². The van der Waals surface area contributed by atoms with Crippen molar-refractivity contribution in [2.45, 2.75) is 32.9 Å². The Morgan fingerprint density at radius 2 is 1.56 bits per heavy atom. The van der Waals surface area contributed by atoms with Gasteiger partial charge < -0.3 is 15.0 Å². The van der Waals surface area contributed by atoms with Crippen LogP contribution in [0.1, 0.15) is 25.0 Å². The van der Waals surface area contributed by atoms with Crippen LogP contribution in [-0.2, 0) is 32.6 Å². The molecule has 0 bridgehead atoms. The van der Waals surface area contributed by atoms with Crippen molar-refractivity contribution in [2.24, 2.45) is 0 Å². The third-order valence-corrected chi connectivity index (χ3v) is 7.40. The summed E-state index contributed by atoms with van der Waals surface area (Å²) in [5.74, 6) is -0.253. The van der Waals surface area contributed by atoms with Gasteiger partial charge in [-0.2, -0.15) is 0 Å². The molecule has 0 saturated carbocycles. The van der Waals surface area contributed by atoms with Gasteiger partial charge in [0.2, 0.25) is 21.8 Å². The predicted octanol–water partition coefficient (Wildman–Crippen LogP) is 4.28. The lowest BCUT2D eigenvalue weighted by molar-refractivity contribution is -0.140. The Morgan fingerprint density at radius 3 is 2.13 bits per heavy atom. The molecule has 0 saturated heterocycles. The Bertz CT molecular complexity index is 1330. The number of carbonyl (C=O) groups excluding carboxylic acids is 2. The molecule has 0 radical (unpaired) electrons. The summed E-state index contributed by atoms with van der Waals surface area (Å²) in [4.78, 5) is 28.7. The summed E-state index contributed by atoms with van der Waals surface area (Å²) in [6, 6.07) is 22.0. The van der Waals surface area contributed by atoms with Crippen molar-refractivity contribution in [3.63, 3.8) is 0 Å². The van der Waals surface area contributed by atoms with Gasteiger partial charge in [0.05, 0.1) is 18.6 Å². The zero-order valence-corrected chi connectivity index (χ0v) is 23.9. The molecule has 0 aliphatic heterocycles. The highest BCUT2D eigenvalue weighted by Crippen LogP contribution is 2.23. The second-order valence-electron chi connectivity index (χ2n) is 8.94. The second-order valence-corrected chi connectivity index (χ2v) is 11.3. The average Bonchev–Trinajstić information content (AvgIpc) is 2.91. The van der Waals surface area contributed by atoms with Crippen LogP contribution in [0.5, 0.6) is 5.75 Å². The van der Waals surface area contributed by atoms with Crippen LogP contribution in [0.15, 0.2) is 78.9 Å². The smallest absolute Gasteiger partial charge is 0.244 e. The Hall–Kier alpha value is -3.56. The minimum absolute atomic E-state index is 0.0888. The van der Waals surface area contributed by atoms with Gasteiger partial charge in [-0.1, -0.05) is 54.1 Å². The molecular formula is C29H34ClN3O5S. The largest absolute Gasteiger partial charge is 0.494 e. The fraction of sp³-hybridized carbons (Fsp3) is 0.310. The molecule has 1 N–H and O–H groups in total. The number of nitrogens with one attached hydrogen (secondary N) is 1. The van der Waals surface area contributed by atoms with Gasteiger partial charge in [0.25, 0.3) is 0 Å². The van der Waals surface area contributed by atoms with Crippen molar-refractivity contribution in [1.82, 2.24) is 10.2 Å². The molecule has 0 aliphatic rings. The van der Waals surface area contributed by atoms with Gasteiger partial charge >= 0.3 is 0 Å². The first kappa shape index (κ1) is 30.0. The quantitative estimate of drug-likeness (QED) is 0.330. The van der Waals surface area contributed by atoms with Crippen LogP contribution in [0.3, 0.4) is 0 Å². The van der Waals surface area contributed by atoms with E-state index in [0.717, 1.165) is 21.7 Å². The monoisotopic (exact) mass is 571 g/mol. The lowest BCUT2D eigenvalue weighted by Gasteiger charge is -2.33. The number of ether oxygens (including phenoxy) is 1. The molecule has 3 aromatic rings. The first-order valence-electron chi connectivity index (χ1n) is 12.7. The molecule has 3 aromatic carbocycles. The minimum atomic E-state index is -3.84. The van der Waals surface area contributed by atoms with E-state index in [1.807, 2.05) is 37.3 Å². The molecule has 0 heterocycles. The molecule has 8 nitrogen and oxygen atoms in total. The summed E-state index contributed by atoms with van der Waals surface area (Å²) in [7, 11) is -3.84. The third-order valence-electron chi connectivity index (χ3n) is 6.00. The second kappa shape index (κ2) is 14.0.